The number of nitriles is 1. The van der Waals surface area contributed by atoms with E-state index in [1.54, 1.807) is 0 Å². The number of carbonyl (C=O) groups excluding carboxylic acids is 1. The van der Waals surface area contributed by atoms with Crippen molar-refractivity contribution in [3.05, 3.63) is 11.8 Å². The van der Waals surface area contributed by atoms with Crippen molar-refractivity contribution in [2.45, 2.75) is 19.8 Å². The van der Waals surface area contributed by atoms with Crippen molar-refractivity contribution in [3.8, 4) is 6.07 Å². The van der Waals surface area contributed by atoms with Crippen LogP contribution in [0.3, 0.4) is 0 Å². The lowest BCUT2D eigenvalue weighted by molar-refractivity contribution is -0.113. The van der Waals surface area contributed by atoms with Gasteiger partial charge in [0.1, 0.15) is 0 Å². The number of H-pyrrole nitrogens is 1. The number of nitrogens with zero attached hydrogens (tertiary/aromatic N) is 2. The van der Waals surface area contributed by atoms with Crippen LogP contribution in [0.15, 0.2) is 6.07 Å². The van der Waals surface area contributed by atoms with Crippen molar-refractivity contribution in [2.24, 2.45) is 0 Å². The lowest BCUT2D eigenvalue weighted by Crippen LogP contribution is -2.14. The van der Waals surface area contributed by atoms with Gasteiger partial charge in [-0.15, -0.1) is 11.8 Å². The summed E-state index contributed by atoms with van der Waals surface area (Å²) in [6.45, 7) is 2.08. The molecule has 6 heteroatoms. The van der Waals surface area contributed by atoms with E-state index in [-0.39, 0.29) is 11.7 Å². The Morgan fingerprint density at radius 1 is 1.75 bits per heavy atom. The van der Waals surface area contributed by atoms with E-state index in [1.807, 2.05) is 12.1 Å². The van der Waals surface area contributed by atoms with Gasteiger partial charge in [0.05, 0.1) is 17.6 Å². The van der Waals surface area contributed by atoms with Crippen LogP contribution in [0.4, 0.5) is 5.82 Å². The van der Waals surface area contributed by atoms with Gasteiger partial charge in [0.25, 0.3) is 0 Å². The highest BCUT2D eigenvalue weighted by molar-refractivity contribution is 8.00. The number of aromatic nitrogens is 2. The van der Waals surface area contributed by atoms with Gasteiger partial charge in [-0.2, -0.15) is 10.4 Å². The summed E-state index contributed by atoms with van der Waals surface area (Å²) < 4.78 is 0. The molecule has 0 aromatic carbocycles. The zero-order valence-corrected chi connectivity index (χ0v) is 9.93. The molecule has 0 atom stereocenters. The first kappa shape index (κ1) is 12.6. The number of aromatic amines is 1. The van der Waals surface area contributed by atoms with Gasteiger partial charge in [0.2, 0.25) is 5.91 Å². The Hall–Kier alpha value is -1.48. The SMILES string of the molecule is CCCc1cc(NC(=O)CSCC#N)n[nH]1. The molecule has 0 radical (unpaired) electrons. The average Bonchev–Trinajstić information content (AvgIpc) is 2.66. The normalized spacial score (nSPS) is 9.75. The molecule has 1 amide bonds. The first-order valence-corrected chi connectivity index (χ1v) is 6.20. The van der Waals surface area contributed by atoms with E-state index >= 15 is 0 Å². The monoisotopic (exact) mass is 238 g/mol. The number of carbonyl (C=O) groups is 1. The maximum atomic E-state index is 11.4. The third-order valence-corrected chi connectivity index (χ3v) is 2.62. The highest BCUT2D eigenvalue weighted by Gasteiger charge is 2.05. The van der Waals surface area contributed by atoms with Gasteiger partial charge < -0.3 is 5.32 Å². The summed E-state index contributed by atoms with van der Waals surface area (Å²) in [5.41, 5.74) is 1.02. The summed E-state index contributed by atoms with van der Waals surface area (Å²) in [5.74, 6) is 1.03. The molecular weight excluding hydrogens is 224 g/mol. The average molecular weight is 238 g/mol. The van der Waals surface area contributed by atoms with E-state index in [2.05, 4.69) is 22.4 Å². The van der Waals surface area contributed by atoms with Crippen molar-refractivity contribution in [3.63, 3.8) is 0 Å². The molecule has 0 saturated carbocycles. The van der Waals surface area contributed by atoms with Gasteiger partial charge in [-0.1, -0.05) is 13.3 Å². The molecule has 0 aliphatic heterocycles. The lowest BCUT2D eigenvalue weighted by atomic mass is 10.2. The van der Waals surface area contributed by atoms with Crippen molar-refractivity contribution in [1.29, 1.82) is 5.26 Å². The Labute approximate surface area is 98.6 Å². The number of nitrogens with one attached hydrogen (secondary N) is 2. The first-order chi connectivity index (χ1) is 7.76. The summed E-state index contributed by atoms with van der Waals surface area (Å²) in [7, 11) is 0. The second kappa shape index (κ2) is 6.90. The first-order valence-electron chi connectivity index (χ1n) is 5.05. The molecule has 0 aliphatic carbocycles. The number of aryl methyl sites for hydroxylation is 1. The maximum Gasteiger partial charge on any atom is 0.235 e. The fourth-order valence-electron chi connectivity index (χ4n) is 1.19. The molecule has 16 heavy (non-hydrogen) atoms. The van der Waals surface area contributed by atoms with Gasteiger partial charge >= 0.3 is 0 Å². The topological polar surface area (TPSA) is 81.6 Å². The number of anilines is 1. The van der Waals surface area contributed by atoms with Crippen LogP contribution >= 0.6 is 11.8 Å². The Morgan fingerprint density at radius 3 is 3.25 bits per heavy atom. The summed E-state index contributed by atoms with van der Waals surface area (Å²) in [6.07, 6.45) is 1.96. The van der Waals surface area contributed by atoms with Crippen molar-refractivity contribution < 1.29 is 4.79 Å². The largest absolute Gasteiger partial charge is 0.308 e. The highest BCUT2D eigenvalue weighted by Crippen LogP contribution is 2.08. The Bertz CT molecular complexity index is 382. The zero-order valence-electron chi connectivity index (χ0n) is 9.12. The highest BCUT2D eigenvalue weighted by atomic mass is 32.2. The molecule has 5 nitrogen and oxygen atoms in total. The van der Waals surface area contributed by atoms with Crippen LogP contribution in [-0.2, 0) is 11.2 Å². The fraction of sp³-hybridized carbons (Fsp3) is 0.500. The third kappa shape index (κ3) is 4.36. The second-order valence-corrected chi connectivity index (χ2v) is 4.21. The van der Waals surface area contributed by atoms with E-state index in [0.29, 0.717) is 11.6 Å². The number of hydrogen-bond acceptors (Lipinski definition) is 4. The van der Waals surface area contributed by atoms with Crippen LogP contribution < -0.4 is 5.32 Å². The maximum absolute atomic E-state index is 11.4. The minimum absolute atomic E-state index is 0.130. The Morgan fingerprint density at radius 2 is 2.56 bits per heavy atom. The Balaban J connectivity index is 2.35. The number of amides is 1. The minimum atomic E-state index is -0.130. The lowest BCUT2D eigenvalue weighted by Gasteiger charge is -1.98. The quantitative estimate of drug-likeness (QED) is 0.737. The molecule has 0 spiro atoms. The molecule has 1 rings (SSSR count). The third-order valence-electron chi connectivity index (χ3n) is 1.82. The van der Waals surface area contributed by atoms with E-state index in [9.17, 15) is 4.79 Å². The van der Waals surface area contributed by atoms with Crippen molar-refractivity contribution >= 4 is 23.5 Å². The van der Waals surface area contributed by atoms with Gasteiger partial charge in [-0.25, -0.2) is 0 Å². The molecule has 0 unspecified atom stereocenters. The second-order valence-electron chi connectivity index (χ2n) is 3.23. The molecule has 0 aliphatic rings. The van der Waals surface area contributed by atoms with Crippen molar-refractivity contribution in [2.75, 3.05) is 16.8 Å². The molecule has 1 aromatic rings. The molecule has 0 fully saturated rings. The van der Waals surface area contributed by atoms with Crippen LogP contribution in [0.25, 0.3) is 0 Å². The van der Waals surface area contributed by atoms with Gasteiger partial charge in [-0.3, -0.25) is 9.89 Å². The molecule has 1 aromatic heterocycles. The minimum Gasteiger partial charge on any atom is -0.308 e. The fourth-order valence-corrected chi connectivity index (χ4v) is 1.64. The van der Waals surface area contributed by atoms with Crippen LogP contribution in [0.2, 0.25) is 0 Å². The summed E-state index contributed by atoms with van der Waals surface area (Å²) in [5, 5.41) is 17.8. The molecule has 86 valence electrons. The number of rotatable bonds is 6. The van der Waals surface area contributed by atoms with Crippen LogP contribution in [-0.4, -0.2) is 27.6 Å². The predicted octanol–water partition coefficient (Wildman–Crippen LogP) is 1.56. The smallest absolute Gasteiger partial charge is 0.235 e. The molecule has 1 heterocycles. The van der Waals surface area contributed by atoms with E-state index < -0.39 is 0 Å². The van der Waals surface area contributed by atoms with Crippen LogP contribution in [0, 0.1) is 11.3 Å². The molecule has 0 bridgehead atoms. The van der Waals surface area contributed by atoms with Gasteiger partial charge in [0, 0.05) is 11.8 Å². The summed E-state index contributed by atoms with van der Waals surface area (Å²) in [6, 6.07) is 3.80. The molecule has 2 N–H and O–H groups in total. The van der Waals surface area contributed by atoms with Crippen LogP contribution in [0.1, 0.15) is 19.0 Å². The van der Waals surface area contributed by atoms with Gasteiger partial charge in [-0.05, 0) is 6.42 Å². The van der Waals surface area contributed by atoms with Gasteiger partial charge in [0.15, 0.2) is 5.82 Å². The van der Waals surface area contributed by atoms with E-state index in [0.717, 1.165) is 18.5 Å². The van der Waals surface area contributed by atoms with Crippen LogP contribution in [0.5, 0.6) is 0 Å². The van der Waals surface area contributed by atoms with Crippen molar-refractivity contribution in [1.82, 2.24) is 10.2 Å². The van der Waals surface area contributed by atoms with E-state index in [4.69, 9.17) is 5.26 Å². The number of hydrogen-bond donors (Lipinski definition) is 2. The van der Waals surface area contributed by atoms with E-state index in [1.165, 1.54) is 11.8 Å². The summed E-state index contributed by atoms with van der Waals surface area (Å²) >= 11 is 1.29. The predicted molar refractivity (Wildman–Crippen MR) is 64.2 cm³/mol. The molecule has 0 saturated heterocycles. The number of thioether (sulfide) groups is 1. The zero-order chi connectivity index (χ0) is 11.8. The molecular formula is C10H14N4OS. The summed E-state index contributed by atoms with van der Waals surface area (Å²) in [4.78, 5) is 11.4. The standard InChI is InChI=1S/C10H14N4OS/c1-2-3-8-6-9(14-13-8)12-10(15)7-16-5-4-11/h6H,2-3,5,7H2,1H3,(H2,12,13,14,15). The Kier molecular flexibility index (Phi) is 5.43.